The van der Waals surface area contributed by atoms with Crippen LogP contribution in [-0.4, -0.2) is 44.6 Å². The summed E-state index contributed by atoms with van der Waals surface area (Å²) in [6, 6.07) is 10.7. The molecule has 1 aliphatic rings. The van der Waals surface area contributed by atoms with Gasteiger partial charge in [0.15, 0.2) is 5.65 Å². The molecular formula is C22H24N6O. The van der Waals surface area contributed by atoms with Crippen LogP contribution in [-0.2, 0) is 4.79 Å². The van der Waals surface area contributed by atoms with Crippen LogP contribution in [0.4, 0.5) is 5.69 Å². The molecular weight excluding hydrogens is 364 g/mol. The molecule has 7 nitrogen and oxygen atoms in total. The van der Waals surface area contributed by atoms with Crippen LogP contribution in [0.3, 0.4) is 0 Å². The lowest BCUT2D eigenvalue weighted by molar-refractivity contribution is -0.119. The lowest BCUT2D eigenvalue weighted by atomic mass is 10.1. The molecule has 2 N–H and O–H groups in total. The Balaban J connectivity index is 1.61. The zero-order chi connectivity index (χ0) is 20.1. The maximum Gasteiger partial charge on any atom is 0.217 e. The number of hydrogen-bond donors (Lipinski definition) is 2. The van der Waals surface area contributed by atoms with E-state index < -0.39 is 0 Å². The minimum absolute atomic E-state index is 0.0200. The van der Waals surface area contributed by atoms with Gasteiger partial charge in [0.05, 0.1) is 22.8 Å². The standard InChI is InChI=1S/C22H24N6O/c1-13-10-20(27-9-7-18(12-27)25-15(3)29)22-24-14(2)21(28(22)26-13)17-5-4-16-6-8-23-19(16)11-17/h4-6,8,10-11,18,23H,7,9,12H2,1-3H3,(H,25,29)/t18-/m1/s1. The van der Waals surface area contributed by atoms with Crippen LogP contribution in [0.25, 0.3) is 27.8 Å². The normalized spacial score (nSPS) is 16.8. The van der Waals surface area contributed by atoms with Gasteiger partial charge < -0.3 is 15.2 Å². The first-order valence-electron chi connectivity index (χ1n) is 9.96. The number of aromatic nitrogens is 4. The van der Waals surface area contributed by atoms with Gasteiger partial charge in [-0.1, -0.05) is 12.1 Å². The highest BCUT2D eigenvalue weighted by Crippen LogP contribution is 2.32. The van der Waals surface area contributed by atoms with E-state index >= 15 is 0 Å². The molecule has 1 aromatic carbocycles. The predicted molar refractivity (Wildman–Crippen MR) is 114 cm³/mol. The van der Waals surface area contributed by atoms with Crippen LogP contribution in [0, 0.1) is 13.8 Å². The lowest BCUT2D eigenvalue weighted by Gasteiger charge is -2.20. The van der Waals surface area contributed by atoms with Gasteiger partial charge in [0.25, 0.3) is 0 Å². The number of hydrogen-bond acceptors (Lipinski definition) is 4. The quantitative estimate of drug-likeness (QED) is 0.565. The Morgan fingerprint density at radius 3 is 2.93 bits per heavy atom. The van der Waals surface area contributed by atoms with E-state index in [1.54, 1.807) is 6.92 Å². The molecule has 1 amide bonds. The van der Waals surface area contributed by atoms with E-state index in [1.165, 1.54) is 5.39 Å². The highest BCUT2D eigenvalue weighted by atomic mass is 16.1. The first-order valence-corrected chi connectivity index (χ1v) is 9.96. The van der Waals surface area contributed by atoms with Crippen LogP contribution >= 0.6 is 0 Å². The van der Waals surface area contributed by atoms with Gasteiger partial charge in [0.2, 0.25) is 5.91 Å². The second kappa shape index (κ2) is 6.62. The molecule has 0 saturated carbocycles. The molecule has 0 spiro atoms. The smallest absolute Gasteiger partial charge is 0.217 e. The predicted octanol–water partition coefficient (Wildman–Crippen LogP) is 3.21. The number of aryl methyl sites for hydroxylation is 2. The van der Waals surface area contributed by atoms with Crippen LogP contribution in [0.1, 0.15) is 24.7 Å². The van der Waals surface area contributed by atoms with E-state index in [0.717, 1.165) is 59.0 Å². The Bertz CT molecular complexity index is 1240. The highest BCUT2D eigenvalue weighted by molar-refractivity contribution is 5.85. The van der Waals surface area contributed by atoms with Crippen molar-refractivity contribution in [3.63, 3.8) is 0 Å². The number of benzene rings is 1. The number of nitrogens with one attached hydrogen (secondary N) is 2. The molecule has 1 atom stereocenters. The number of anilines is 1. The van der Waals surface area contributed by atoms with Crippen molar-refractivity contribution < 1.29 is 4.79 Å². The van der Waals surface area contributed by atoms with Crippen LogP contribution in [0.5, 0.6) is 0 Å². The Morgan fingerprint density at radius 1 is 1.24 bits per heavy atom. The van der Waals surface area contributed by atoms with Gasteiger partial charge in [-0.3, -0.25) is 4.79 Å². The fourth-order valence-electron chi connectivity index (χ4n) is 4.37. The topological polar surface area (TPSA) is 78.3 Å². The number of nitrogens with zero attached hydrogens (tertiary/aromatic N) is 4. The number of aromatic amines is 1. The monoisotopic (exact) mass is 388 g/mol. The maximum atomic E-state index is 11.4. The Morgan fingerprint density at radius 2 is 2.10 bits per heavy atom. The molecule has 4 aromatic rings. The molecule has 0 radical (unpaired) electrons. The zero-order valence-electron chi connectivity index (χ0n) is 16.9. The molecule has 3 aromatic heterocycles. The molecule has 1 aliphatic heterocycles. The number of imidazole rings is 1. The van der Waals surface area contributed by atoms with Crippen molar-refractivity contribution in [1.82, 2.24) is 24.9 Å². The van der Waals surface area contributed by atoms with E-state index in [-0.39, 0.29) is 11.9 Å². The summed E-state index contributed by atoms with van der Waals surface area (Å²) in [5, 5.41) is 9.01. The third-order valence-corrected chi connectivity index (χ3v) is 5.63. The lowest BCUT2D eigenvalue weighted by Crippen LogP contribution is -2.35. The van der Waals surface area contributed by atoms with Crippen molar-refractivity contribution in [1.29, 1.82) is 0 Å². The summed E-state index contributed by atoms with van der Waals surface area (Å²) in [6.45, 7) is 7.29. The average molecular weight is 388 g/mol. The van der Waals surface area contributed by atoms with E-state index in [9.17, 15) is 4.79 Å². The van der Waals surface area contributed by atoms with Crippen molar-refractivity contribution in [3.8, 4) is 11.3 Å². The Hall–Kier alpha value is -3.35. The van der Waals surface area contributed by atoms with Gasteiger partial charge >= 0.3 is 0 Å². The van der Waals surface area contributed by atoms with Crippen LogP contribution in [0.15, 0.2) is 36.5 Å². The average Bonchev–Trinajstić information content (AvgIpc) is 3.38. The Kier molecular flexibility index (Phi) is 4.04. The van der Waals surface area contributed by atoms with E-state index in [1.807, 2.05) is 24.6 Å². The molecule has 0 unspecified atom stereocenters. The van der Waals surface area contributed by atoms with E-state index in [4.69, 9.17) is 10.1 Å². The number of H-pyrrole nitrogens is 1. The Labute approximate surface area is 168 Å². The molecule has 0 aliphatic carbocycles. The summed E-state index contributed by atoms with van der Waals surface area (Å²) in [4.78, 5) is 21.9. The number of carbonyl (C=O) groups excluding carboxylic acids is 1. The van der Waals surface area contributed by atoms with E-state index in [0.29, 0.717) is 0 Å². The SMILES string of the molecule is CC(=O)N[C@@H]1CCN(c2cc(C)nn3c(-c4ccc5cc[nH]c5c4)c(C)nc23)C1. The molecule has 5 rings (SSSR count). The third-order valence-electron chi connectivity index (χ3n) is 5.63. The van der Waals surface area contributed by atoms with Crippen molar-refractivity contribution in [3.05, 3.63) is 47.9 Å². The van der Waals surface area contributed by atoms with Crippen molar-refractivity contribution in [2.75, 3.05) is 18.0 Å². The third kappa shape index (κ3) is 3.03. The molecule has 148 valence electrons. The van der Waals surface area contributed by atoms with Gasteiger partial charge in [-0.25, -0.2) is 9.50 Å². The summed E-state index contributed by atoms with van der Waals surface area (Å²) in [7, 11) is 0. The number of fused-ring (bicyclic) bond motifs is 2. The zero-order valence-corrected chi connectivity index (χ0v) is 16.9. The molecule has 1 saturated heterocycles. The largest absolute Gasteiger partial charge is 0.366 e. The number of carbonyl (C=O) groups is 1. The first kappa shape index (κ1) is 17.7. The van der Waals surface area contributed by atoms with Crippen LogP contribution in [0.2, 0.25) is 0 Å². The summed E-state index contributed by atoms with van der Waals surface area (Å²) >= 11 is 0. The van der Waals surface area contributed by atoms with E-state index in [2.05, 4.69) is 45.5 Å². The summed E-state index contributed by atoms with van der Waals surface area (Å²) < 4.78 is 1.97. The second-order valence-electron chi connectivity index (χ2n) is 7.86. The van der Waals surface area contributed by atoms with Gasteiger partial charge in [-0.15, -0.1) is 0 Å². The molecule has 4 heterocycles. The van der Waals surface area contributed by atoms with Gasteiger partial charge in [-0.05, 0) is 43.9 Å². The number of rotatable bonds is 3. The maximum absolute atomic E-state index is 11.4. The van der Waals surface area contributed by atoms with Gasteiger partial charge in [0.1, 0.15) is 0 Å². The van der Waals surface area contributed by atoms with Gasteiger partial charge in [0, 0.05) is 43.3 Å². The second-order valence-corrected chi connectivity index (χ2v) is 7.86. The van der Waals surface area contributed by atoms with Crippen molar-refractivity contribution in [2.24, 2.45) is 0 Å². The minimum atomic E-state index is 0.0200. The fourth-order valence-corrected chi connectivity index (χ4v) is 4.37. The first-order chi connectivity index (χ1) is 14.0. The van der Waals surface area contributed by atoms with Crippen molar-refractivity contribution >= 4 is 28.1 Å². The fraction of sp³-hybridized carbons (Fsp3) is 0.318. The van der Waals surface area contributed by atoms with Crippen molar-refractivity contribution in [2.45, 2.75) is 33.2 Å². The van der Waals surface area contributed by atoms with Crippen LogP contribution < -0.4 is 10.2 Å². The van der Waals surface area contributed by atoms with Gasteiger partial charge in [-0.2, -0.15) is 5.10 Å². The molecule has 0 bridgehead atoms. The summed E-state index contributed by atoms with van der Waals surface area (Å²) in [5.41, 5.74) is 7.02. The molecule has 29 heavy (non-hydrogen) atoms. The minimum Gasteiger partial charge on any atom is -0.366 e. The molecule has 1 fully saturated rings. The number of amides is 1. The summed E-state index contributed by atoms with van der Waals surface area (Å²) in [5.74, 6) is 0.0200. The highest BCUT2D eigenvalue weighted by Gasteiger charge is 2.26. The molecule has 7 heteroatoms. The summed E-state index contributed by atoms with van der Waals surface area (Å²) in [6.07, 6.45) is 2.89.